The Balaban J connectivity index is 0.000000755. The number of imidazole rings is 1. The number of carbonyl (C=O) groups is 3. The van der Waals surface area contributed by atoms with Gasteiger partial charge in [0, 0.05) is 31.5 Å². The number of amides is 2. The largest absolute Gasteiger partial charge is 0.483 e. The molecule has 4 rings (SSSR count). The first-order valence-electron chi connectivity index (χ1n) is 9.40. The van der Waals surface area contributed by atoms with Crippen LogP contribution in [-0.4, -0.2) is 39.1 Å². The highest BCUT2D eigenvalue weighted by molar-refractivity contribution is 6.00. The molecule has 152 valence electrons. The van der Waals surface area contributed by atoms with E-state index in [0.29, 0.717) is 25.9 Å². The Kier molecular flexibility index (Phi) is 6.14. The fourth-order valence-corrected chi connectivity index (χ4v) is 3.90. The highest BCUT2D eigenvalue weighted by Gasteiger charge is 2.32. The Morgan fingerprint density at radius 3 is 2.72 bits per heavy atom. The number of nitrogens with one attached hydrogen (secondary N) is 1. The lowest BCUT2D eigenvalue weighted by Crippen LogP contribution is -2.44. The molecule has 29 heavy (non-hydrogen) atoms. The van der Waals surface area contributed by atoms with Gasteiger partial charge in [-0.25, -0.2) is 4.79 Å². The molecular weight excluding hydrogens is 376 g/mol. The molecule has 1 aromatic carbocycles. The van der Waals surface area contributed by atoms with Crippen molar-refractivity contribution in [2.24, 2.45) is 5.73 Å². The van der Waals surface area contributed by atoms with Crippen molar-refractivity contribution in [2.45, 2.75) is 44.7 Å². The molecule has 1 aromatic heterocycles. The van der Waals surface area contributed by atoms with Crippen LogP contribution in [0.3, 0.4) is 0 Å². The summed E-state index contributed by atoms with van der Waals surface area (Å²) >= 11 is 0. The van der Waals surface area contributed by atoms with Gasteiger partial charge in [-0.1, -0.05) is 11.8 Å². The molecule has 0 radical (unpaired) electrons. The van der Waals surface area contributed by atoms with Crippen molar-refractivity contribution >= 4 is 29.3 Å². The molecule has 3 heterocycles. The molecule has 0 bridgehead atoms. The minimum absolute atomic E-state index is 0.192. The van der Waals surface area contributed by atoms with Gasteiger partial charge in [-0.3, -0.25) is 28.8 Å². The Bertz CT molecular complexity index is 1090. The summed E-state index contributed by atoms with van der Waals surface area (Å²) in [6.07, 6.45) is 2.92. The summed E-state index contributed by atoms with van der Waals surface area (Å²) in [6.45, 7) is 0.892. The van der Waals surface area contributed by atoms with E-state index in [2.05, 4.69) is 17.2 Å². The standard InChI is InChI=1S/C19H20N4O3.CH2O2/c20-10-2-1-4-12-6-7-14-17-13(12)5-3-11-22(17)19(26)23(14)15-8-9-16(24)21-18(15)25;2-1-3/h6-7,15H,2-3,5,8-11,20H2,(H,21,24,25);1H,(H,2,3). The lowest BCUT2D eigenvalue weighted by atomic mass is 9.98. The quantitative estimate of drug-likeness (QED) is 0.374. The van der Waals surface area contributed by atoms with E-state index >= 15 is 0 Å². The number of imide groups is 1. The summed E-state index contributed by atoms with van der Waals surface area (Å²) in [5.41, 5.74) is 8.89. The lowest BCUT2D eigenvalue weighted by Gasteiger charge is -2.22. The van der Waals surface area contributed by atoms with Crippen LogP contribution >= 0.6 is 0 Å². The van der Waals surface area contributed by atoms with Crippen LogP contribution in [-0.2, 0) is 27.3 Å². The fourth-order valence-electron chi connectivity index (χ4n) is 3.90. The van der Waals surface area contributed by atoms with E-state index in [1.165, 1.54) is 0 Å². The van der Waals surface area contributed by atoms with E-state index in [4.69, 9.17) is 15.6 Å². The number of rotatable bonds is 2. The molecule has 1 fully saturated rings. The van der Waals surface area contributed by atoms with Crippen molar-refractivity contribution in [1.29, 1.82) is 0 Å². The van der Waals surface area contributed by atoms with Gasteiger partial charge in [-0.2, -0.15) is 0 Å². The van der Waals surface area contributed by atoms with Crippen LogP contribution in [0.2, 0.25) is 0 Å². The van der Waals surface area contributed by atoms with E-state index in [-0.39, 0.29) is 24.5 Å². The van der Waals surface area contributed by atoms with Crippen molar-refractivity contribution in [3.63, 3.8) is 0 Å². The molecule has 2 aliphatic rings. The van der Waals surface area contributed by atoms with E-state index in [1.54, 1.807) is 9.13 Å². The summed E-state index contributed by atoms with van der Waals surface area (Å²) in [4.78, 5) is 45.1. The minimum atomic E-state index is -0.649. The zero-order chi connectivity index (χ0) is 21.0. The van der Waals surface area contributed by atoms with Gasteiger partial charge in [-0.05, 0) is 37.0 Å². The Morgan fingerprint density at radius 2 is 2.03 bits per heavy atom. The second-order valence-corrected chi connectivity index (χ2v) is 6.78. The summed E-state index contributed by atoms with van der Waals surface area (Å²) in [5, 5.41) is 9.23. The molecule has 0 aliphatic carbocycles. The number of carboxylic acid groups (broad SMARTS) is 1. The average Bonchev–Trinajstić information content (AvgIpc) is 2.98. The van der Waals surface area contributed by atoms with Crippen LogP contribution in [0.1, 0.15) is 42.9 Å². The number of hydrogen-bond donors (Lipinski definition) is 3. The van der Waals surface area contributed by atoms with Crippen LogP contribution in [0.15, 0.2) is 16.9 Å². The predicted molar refractivity (Wildman–Crippen MR) is 105 cm³/mol. The van der Waals surface area contributed by atoms with Crippen LogP contribution in [0.4, 0.5) is 0 Å². The van der Waals surface area contributed by atoms with Crippen LogP contribution < -0.4 is 16.7 Å². The average molecular weight is 398 g/mol. The number of aromatic nitrogens is 2. The predicted octanol–water partition coefficient (Wildman–Crippen LogP) is 0.128. The van der Waals surface area contributed by atoms with Gasteiger partial charge in [0.1, 0.15) is 6.04 Å². The first-order valence-corrected chi connectivity index (χ1v) is 9.40. The number of carbonyl (C=O) groups excluding carboxylic acids is 2. The van der Waals surface area contributed by atoms with Crippen LogP contribution in [0.5, 0.6) is 0 Å². The molecule has 1 atom stereocenters. The molecule has 2 amide bonds. The number of nitrogens with zero attached hydrogens (tertiary/aromatic N) is 2. The highest BCUT2D eigenvalue weighted by Crippen LogP contribution is 2.30. The second kappa shape index (κ2) is 8.75. The van der Waals surface area contributed by atoms with Crippen molar-refractivity contribution < 1.29 is 19.5 Å². The van der Waals surface area contributed by atoms with E-state index in [1.807, 2.05) is 12.1 Å². The lowest BCUT2D eigenvalue weighted by molar-refractivity contribution is -0.135. The van der Waals surface area contributed by atoms with Gasteiger partial charge in [0.25, 0.3) is 6.47 Å². The third-order valence-electron chi connectivity index (χ3n) is 5.05. The molecule has 1 saturated heterocycles. The molecule has 1 unspecified atom stereocenters. The van der Waals surface area contributed by atoms with Gasteiger partial charge < -0.3 is 10.8 Å². The number of nitrogens with two attached hydrogens (primary N) is 1. The molecule has 9 nitrogen and oxygen atoms in total. The number of hydrogen-bond acceptors (Lipinski definition) is 5. The monoisotopic (exact) mass is 398 g/mol. The van der Waals surface area contributed by atoms with Gasteiger partial charge >= 0.3 is 5.69 Å². The first-order chi connectivity index (χ1) is 14.0. The maximum absolute atomic E-state index is 13.0. The third kappa shape index (κ3) is 3.79. The van der Waals surface area contributed by atoms with Gasteiger partial charge in [0.05, 0.1) is 11.0 Å². The maximum atomic E-state index is 13.0. The van der Waals surface area contributed by atoms with Crippen molar-refractivity contribution in [1.82, 2.24) is 14.5 Å². The smallest absolute Gasteiger partial charge is 0.329 e. The molecule has 4 N–H and O–H groups in total. The second-order valence-electron chi connectivity index (χ2n) is 6.78. The van der Waals surface area contributed by atoms with Crippen LogP contribution in [0, 0.1) is 11.8 Å². The summed E-state index contributed by atoms with van der Waals surface area (Å²) < 4.78 is 3.29. The summed E-state index contributed by atoms with van der Waals surface area (Å²) in [6, 6.07) is 3.13. The van der Waals surface area contributed by atoms with Gasteiger partial charge in [-0.15, -0.1) is 0 Å². The zero-order valence-electron chi connectivity index (χ0n) is 15.8. The number of piperidine rings is 1. The SMILES string of the molecule is NCCC#Cc1ccc2c3c1CCCn3c(=O)n2C1CCC(=O)NC1=O.O=CO. The number of aryl methyl sites for hydroxylation is 2. The van der Waals surface area contributed by atoms with Crippen molar-refractivity contribution in [3.8, 4) is 11.8 Å². The van der Waals surface area contributed by atoms with Crippen molar-refractivity contribution in [2.75, 3.05) is 6.54 Å². The summed E-state index contributed by atoms with van der Waals surface area (Å²) in [7, 11) is 0. The maximum Gasteiger partial charge on any atom is 0.329 e. The topological polar surface area (TPSA) is 136 Å². The van der Waals surface area contributed by atoms with E-state index < -0.39 is 11.9 Å². The van der Waals surface area contributed by atoms with Crippen molar-refractivity contribution in [3.05, 3.63) is 33.7 Å². The molecule has 2 aliphatic heterocycles. The van der Waals surface area contributed by atoms with Crippen LogP contribution in [0.25, 0.3) is 11.0 Å². The van der Waals surface area contributed by atoms with E-state index in [9.17, 15) is 14.4 Å². The molecule has 2 aromatic rings. The minimum Gasteiger partial charge on any atom is -0.483 e. The zero-order valence-corrected chi connectivity index (χ0v) is 15.8. The Hall–Kier alpha value is -3.38. The third-order valence-corrected chi connectivity index (χ3v) is 5.05. The highest BCUT2D eigenvalue weighted by atomic mass is 16.3. The fraction of sp³-hybridized carbons (Fsp3) is 0.400. The first kappa shape index (κ1) is 20.4. The molecule has 0 spiro atoms. The molecule has 9 heteroatoms. The normalized spacial score (nSPS) is 17.6. The number of benzene rings is 1. The summed E-state index contributed by atoms with van der Waals surface area (Å²) in [5.74, 6) is 5.53. The van der Waals surface area contributed by atoms with Gasteiger partial charge in [0.15, 0.2) is 0 Å². The van der Waals surface area contributed by atoms with Gasteiger partial charge in [0.2, 0.25) is 11.8 Å². The van der Waals surface area contributed by atoms with E-state index in [0.717, 1.165) is 35.0 Å². The Labute approximate surface area is 166 Å². The molecule has 0 saturated carbocycles. The molecular formula is C20H22N4O5. The Morgan fingerprint density at radius 1 is 1.28 bits per heavy atom.